The summed E-state index contributed by atoms with van der Waals surface area (Å²) in [7, 11) is -3.84. The summed E-state index contributed by atoms with van der Waals surface area (Å²) in [5.41, 5.74) is 2.38. The number of nitrogens with zero attached hydrogens (tertiary/aromatic N) is 3. The zero-order valence-corrected chi connectivity index (χ0v) is 15.5. The number of aromatic nitrogens is 3. The van der Waals surface area contributed by atoms with Gasteiger partial charge in [-0.05, 0) is 44.0 Å². The lowest BCUT2D eigenvalue weighted by atomic mass is 10.1. The Kier molecular flexibility index (Phi) is 4.90. The third-order valence-corrected chi connectivity index (χ3v) is 5.40. The Morgan fingerprint density at radius 3 is 2.35 bits per heavy atom. The van der Waals surface area contributed by atoms with Gasteiger partial charge in [0, 0.05) is 5.69 Å². The van der Waals surface area contributed by atoms with Gasteiger partial charge in [-0.1, -0.05) is 30.3 Å². The SMILES string of the molecule is CCc1ccccc1Nc1ccc(NS(=O)(=O)c2c(C)noc2C)nn1. The van der Waals surface area contributed by atoms with Crippen LogP contribution >= 0.6 is 0 Å². The van der Waals surface area contributed by atoms with E-state index in [2.05, 4.69) is 32.3 Å². The minimum atomic E-state index is -3.84. The van der Waals surface area contributed by atoms with E-state index in [1.165, 1.54) is 0 Å². The van der Waals surface area contributed by atoms with Crippen LogP contribution in [0.5, 0.6) is 0 Å². The molecule has 3 aromatic rings. The predicted molar refractivity (Wildman–Crippen MR) is 97.9 cm³/mol. The summed E-state index contributed by atoms with van der Waals surface area (Å²) in [5, 5.41) is 14.8. The third kappa shape index (κ3) is 3.67. The molecule has 136 valence electrons. The highest BCUT2D eigenvalue weighted by atomic mass is 32.2. The molecule has 0 atom stereocenters. The molecular weight excluding hydrogens is 354 g/mol. The maximum atomic E-state index is 12.5. The maximum Gasteiger partial charge on any atom is 0.268 e. The highest BCUT2D eigenvalue weighted by Gasteiger charge is 2.24. The molecule has 0 fully saturated rings. The molecule has 0 saturated heterocycles. The van der Waals surface area contributed by atoms with Crippen molar-refractivity contribution >= 4 is 27.3 Å². The number of sulfonamides is 1. The standard InChI is InChI=1S/C17H19N5O3S/c1-4-13-7-5-6-8-14(13)18-15-9-10-16(20-19-15)22-26(23,24)17-11(2)21-25-12(17)3/h5-10H,4H2,1-3H3,(H,18,19)(H,20,22). The summed E-state index contributed by atoms with van der Waals surface area (Å²) in [4.78, 5) is 0.0124. The average Bonchev–Trinajstić information content (AvgIpc) is 2.96. The lowest BCUT2D eigenvalue weighted by Gasteiger charge is -2.10. The van der Waals surface area contributed by atoms with Gasteiger partial charge in [-0.3, -0.25) is 4.72 Å². The summed E-state index contributed by atoms with van der Waals surface area (Å²) in [6.07, 6.45) is 0.881. The molecule has 0 spiro atoms. The first-order valence-electron chi connectivity index (χ1n) is 8.05. The van der Waals surface area contributed by atoms with E-state index < -0.39 is 10.0 Å². The van der Waals surface area contributed by atoms with Gasteiger partial charge in [-0.25, -0.2) is 8.42 Å². The van der Waals surface area contributed by atoms with Gasteiger partial charge in [0.2, 0.25) is 0 Å². The number of anilines is 3. The first-order valence-corrected chi connectivity index (χ1v) is 9.53. The largest absolute Gasteiger partial charge is 0.360 e. The Labute approximate surface area is 151 Å². The van der Waals surface area contributed by atoms with Crippen molar-refractivity contribution in [2.45, 2.75) is 32.1 Å². The van der Waals surface area contributed by atoms with E-state index in [1.807, 2.05) is 24.3 Å². The van der Waals surface area contributed by atoms with Crippen molar-refractivity contribution in [1.82, 2.24) is 15.4 Å². The van der Waals surface area contributed by atoms with Crippen molar-refractivity contribution in [3.8, 4) is 0 Å². The van der Waals surface area contributed by atoms with Crippen molar-refractivity contribution in [3.63, 3.8) is 0 Å². The van der Waals surface area contributed by atoms with E-state index in [4.69, 9.17) is 4.52 Å². The number of benzene rings is 1. The second kappa shape index (κ2) is 7.12. The molecular formula is C17H19N5O3S. The second-order valence-corrected chi connectivity index (χ2v) is 7.32. The molecule has 3 rings (SSSR count). The molecule has 9 heteroatoms. The van der Waals surface area contributed by atoms with Gasteiger partial charge in [0.1, 0.15) is 5.69 Å². The Balaban J connectivity index is 1.78. The fraction of sp³-hybridized carbons (Fsp3) is 0.235. The zero-order valence-electron chi connectivity index (χ0n) is 14.6. The van der Waals surface area contributed by atoms with E-state index >= 15 is 0 Å². The van der Waals surface area contributed by atoms with E-state index in [1.54, 1.807) is 26.0 Å². The Morgan fingerprint density at radius 1 is 1.04 bits per heavy atom. The van der Waals surface area contributed by atoms with E-state index in [0.29, 0.717) is 5.82 Å². The Morgan fingerprint density at radius 2 is 1.73 bits per heavy atom. The molecule has 0 aliphatic heterocycles. The summed E-state index contributed by atoms with van der Waals surface area (Å²) in [6, 6.07) is 11.1. The number of aryl methyl sites for hydroxylation is 3. The first-order chi connectivity index (χ1) is 12.4. The van der Waals surface area contributed by atoms with Crippen molar-refractivity contribution < 1.29 is 12.9 Å². The van der Waals surface area contributed by atoms with E-state index in [-0.39, 0.29) is 22.2 Å². The summed E-state index contributed by atoms with van der Waals surface area (Å²) in [5.74, 6) is 0.850. The molecule has 26 heavy (non-hydrogen) atoms. The number of nitrogens with one attached hydrogen (secondary N) is 2. The van der Waals surface area contributed by atoms with Crippen LogP contribution in [-0.4, -0.2) is 23.8 Å². The minimum absolute atomic E-state index is 0.0124. The molecule has 0 saturated carbocycles. The molecule has 2 N–H and O–H groups in total. The third-order valence-electron chi connectivity index (χ3n) is 3.80. The summed E-state index contributed by atoms with van der Waals surface area (Å²) < 4.78 is 32.2. The molecule has 0 aliphatic rings. The maximum absolute atomic E-state index is 12.5. The highest BCUT2D eigenvalue weighted by molar-refractivity contribution is 7.92. The quantitative estimate of drug-likeness (QED) is 0.683. The van der Waals surface area contributed by atoms with Crippen LogP contribution < -0.4 is 10.0 Å². The Hall–Kier alpha value is -2.94. The highest BCUT2D eigenvalue weighted by Crippen LogP contribution is 2.23. The molecule has 8 nitrogen and oxygen atoms in total. The van der Waals surface area contributed by atoms with Crippen LogP contribution in [-0.2, 0) is 16.4 Å². The van der Waals surface area contributed by atoms with Crippen LogP contribution in [0.15, 0.2) is 45.8 Å². The molecule has 0 aliphatic carbocycles. The van der Waals surface area contributed by atoms with Crippen LogP contribution in [0.4, 0.5) is 17.3 Å². The van der Waals surface area contributed by atoms with E-state index in [0.717, 1.165) is 17.7 Å². The fourth-order valence-corrected chi connectivity index (χ4v) is 3.92. The van der Waals surface area contributed by atoms with Gasteiger partial charge in [0.05, 0.1) is 0 Å². The zero-order chi connectivity index (χ0) is 18.7. The number of hydrogen-bond acceptors (Lipinski definition) is 7. The summed E-state index contributed by atoms with van der Waals surface area (Å²) >= 11 is 0. The monoisotopic (exact) mass is 373 g/mol. The van der Waals surface area contributed by atoms with Gasteiger partial charge in [0.15, 0.2) is 22.3 Å². The lowest BCUT2D eigenvalue weighted by molar-refractivity contribution is 0.390. The predicted octanol–water partition coefficient (Wildman–Crippen LogP) is 3.19. The smallest absolute Gasteiger partial charge is 0.268 e. The molecule has 0 bridgehead atoms. The van der Waals surface area contributed by atoms with Gasteiger partial charge >= 0.3 is 0 Å². The topological polar surface area (TPSA) is 110 Å². The number of hydrogen-bond donors (Lipinski definition) is 2. The summed E-state index contributed by atoms with van der Waals surface area (Å²) in [6.45, 7) is 5.17. The number of rotatable bonds is 6. The van der Waals surface area contributed by atoms with Crippen molar-refractivity contribution in [2.75, 3.05) is 10.0 Å². The van der Waals surface area contributed by atoms with Crippen LogP contribution in [0.25, 0.3) is 0 Å². The van der Waals surface area contributed by atoms with Gasteiger partial charge in [-0.2, -0.15) is 0 Å². The van der Waals surface area contributed by atoms with Crippen molar-refractivity contribution in [3.05, 3.63) is 53.4 Å². The molecule has 0 unspecified atom stereocenters. The second-order valence-electron chi connectivity index (χ2n) is 5.70. The molecule has 1 aromatic carbocycles. The van der Waals surface area contributed by atoms with Gasteiger partial charge in [0.25, 0.3) is 10.0 Å². The van der Waals surface area contributed by atoms with Gasteiger partial charge < -0.3 is 9.84 Å². The van der Waals surface area contributed by atoms with Crippen LogP contribution in [0.2, 0.25) is 0 Å². The minimum Gasteiger partial charge on any atom is -0.360 e. The fourth-order valence-electron chi connectivity index (χ4n) is 2.59. The van der Waals surface area contributed by atoms with Gasteiger partial charge in [-0.15, -0.1) is 10.2 Å². The van der Waals surface area contributed by atoms with E-state index in [9.17, 15) is 8.42 Å². The number of para-hydroxylation sites is 1. The molecule has 2 heterocycles. The van der Waals surface area contributed by atoms with Crippen LogP contribution in [0.1, 0.15) is 23.9 Å². The molecule has 2 aromatic heterocycles. The Bertz CT molecular complexity index is 994. The molecule has 0 radical (unpaired) electrons. The lowest BCUT2D eigenvalue weighted by Crippen LogP contribution is -2.15. The average molecular weight is 373 g/mol. The van der Waals surface area contributed by atoms with Crippen molar-refractivity contribution in [2.24, 2.45) is 0 Å². The van der Waals surface area contributed by atoms with Crippen LogP contribution in [0, 0.1) is 13.8 Å². The normalized spacial score (nSPS) is 11.3. The van der Waals surface area contributed by atoms with Crippen molar-refractivity contribution in [1.29, 1.82) is 0 Å². The first kappa shape index (κ1) is 17.9. The van der Waals surface area contributed by atoms with Crippen LogP contribution in [0.3, 0.4) is 0 Å². The molecule has 0 amide bonds.